The van der Waals surface area contributed by atoms with E-state index in [1.165, 1.54) is 0 Å². The van der Waals surface area contributed by atoms with E-state index in [2.05, 4.69) is 0 Å². The Labute approximate surface area is 61.5 Å². The molecule has 0 rings (SSSR count). The molecule has 1 atom stereocenters. The summed E-state index contributed by atoms with van der Waals surface area (Å²) in [6.07, 6.45) is 1.26. The smallest absolute Gasteiger partial charge is 0.220 e. The Morgan fingerprint density at radius 3 is 2.70 bits per heavy atom. The Kier molecular flexibility index (Phi) is 4.94. The molecule has 1 unspecified atom stereocenters. The molecule has 0 fully saturated rings. The molecule has 0 spiro atoms. The molecule has 3 nitrogen and oxygen atoms in total. The third kappa shape index (κ3) is 5.56. The molecule has 3 heteroatoms. The number of primary amides is 1. The Balaban J connectivity index is 3.25. The predicted molar refractivity (Wildman–Crippen MR) is 39.5 cm³/mol. The number of carbonyl (C=O) groups excluding carboxylic acids is 1. The van der Waals surface area contributed by atoms with Crippen molar-refractivity contribution in [2.75, 3.05) is 6.61 Å². The maximum Gasteiger partial charge on any atom is 0.220 e. The topological polar surface area (TPSA) is 52.3 Å². The monoisotopic (exact) mass is 145 g/mol. The minimum absolute atomic E-state index is 0.0301. The van der Waals surface area contributed by atoms with Crippen molar-refractivity contribution in [1.82, 2.24) is 0 Å². The summed E-state index contributed by atoms with van der Waals surface area (Å²) >= 11 is 0. The van der Waals surface area contributed by atoms with Crippen molar-refractivity contribution in [2.24, 2.45) is 5.73 Å². The molecule has 0 saturated heterocycles. The van der Waals surface area contributed by atoms with E-state index in [4.69, 9.17) is 10.5 Å². The van der Waals surface area contributed by atoms with Crippen molar-refractivity contribution < 1.29 is 9.53 Å². The van der Waals surface area contributed by atoms with Gasteiger partial charge in [-0.05, 0) is 13.3 Å². The summed E-state index contributed by atoms with van der Waals surface area (Å²) in [5.41, 5.74) is 4.95. The molecule has 0 aliphatic heterocycles. The zero-order valence-corrected chi connectivity index (χ0v) is 6.59. The lowest BCUT2D eigenvalue weighted by atomic mass is 10.3. The lowest BCUT2D eigenvalue weighted by Crippen LogP contribution is -2.20. The summed E-state index contributed by atoms with van der Waals surface area (Å²) in [4.78, 5) is 10.3. The molecule has 0 aliphatic rings. The second kappa shape index (κ2) is 5.23. The van der Waals surface area contributed by atoms with Gasteiger partial charge in [0.25, 0.3) is 0 Å². The maximum atomic E-state index is 10.3. The van der Waals surface area contributed by atoms with Crippen LogP contribution in [0.4, 0.5) is 0 Å². The molecule has 0 heterocycles. The van der Waals surface area contributed by atoms with Crippen LogP contribution in [0.1, 0.15) is 26.7 Å². The van der Waals surface area contributed by atoms with Gasteiger partial charge in [-0.3, -0.25) is 4.79 Å². The number of rotatable bonds is 5. The van der Waals surface area contributed by atoms with Crippen LogP contribution in [0.15, 0.2) is 0 Å². The molecule has 0 aliphatic carbocycles. The van der Waals surface area contributed by atoms with Crippen LogP contribution in [0.5, 0.6) is 0 Å². The van der Waals surface area contributed by atoms with Crippen LogP contribution in [0.25, 0.3) is 0 Å². The van der Waals surface area contributed by atoms with Crippen molar-refractivity contribution in [3.63, 3.8) is 0 Å². The van der Waals surface area contributed by atoms with E-state index < -0.39 is 0 Å². The Morgan fingerprint density at radius 1 is 1.70 bits per heavy atom. The SMILES string of the molecule is CCCOC(C)CC(N)=O. The molecule has 60 valence electrons. The molecule has 0 aromatic heterocycles. The number of hydrogen-bond donors (Lipinski definition) is 1. The van der Waals surface area contributed by atoms with Gasteiger partial charge in [0.1, 0.15) is 0 Å². The maximum absolute atomic E-state index is 10.3. The van der Waals surface area contributed by atoms with Gasteiger partial charge in [0.2, 0.25) is 5.91 Å². The van der Waals surface area contributed by atoms with Gasteiger partial charge in [-0.2, -0.15) is 0 Å². The molecule has 0 radical (unpaired) electrons. The Morgan fingerprint density at radius 2 is 2.30 bits per heavy atom. The van der Waals surface area contributed by atoms with E-state index in [-0.39, 0.29) is 12.0 Å². The van der Waals surface area contributed by atoms with Crippen molar-refractivity contribution >= 4 is 5.91 Å². The van der Waals surface area contributed by atoms with E-state index in [9.17, 15) is 4.79 Å². The normalized spacial score (nSPS) is 13.0. The van der Waals surface area contributed by atoms with Crippen LogP contribution in [-0.4, -0.2) is 18.6 Å². The van der Waals surface area contributed by atoms with E-state index in [1.54, 1.807) is 0 Å². The molecular formula is C7H15NO2. The largest absolute Gasteiger partial charge is 0.378 e. The third-order valence-corrected chi connectivity index (χ3v) is 1.10. The molecule has 1 amide bonds. The summed E-state index contributed by atoms with van der Waals surface area (Å²) in [5.74, 6) is -0.302. The van der Waals surface area contributed by atoms with Gasteiger partial charge in [0.15, 0.2) is 0 Å². The van der Waals surface area contributed by atoms with Gasteiger partial charge in [0, 0.05) is 6.61 Å². The van der Waals surface area contributed by atoms with E-state index in [0.29, 0.717) is 13.0 Å². The second-order valence-electron chi connectivity index (χ2n) is 2.35. The highest BCUT2D eigenvalue weighted by Gasteiger charge is 2.04. The molecule has 0 aromatic rings. The van der Waals surface area contributed by atoms with E-state index >= 15 is 0 Å². The van der Waals surface area contributed by atoms with Crippen molar-refractivity contribution in [3.8, 4) is 0 Å². The average Bonchev–Trinajstić information content (AvgIpc) is 1.82. The standard InChI is InChI=1S/C7H15NO2/c1-3-4-10-6(2)5-7(8)9/h6H,3-5H2,1-2H3,(H2,8,9). The number of nitrogens with two attached hydrogens (primary N) is 1. The number of hydrogen-bond acceptors (Lipinski definition) is 2. The van der Waals surface area contributed by atoms with Crippen LogP contribution >= 0.6 is 0 Å². The third-order valence-electron chi connectivity index (χ3n) is 1.10. The second-order valence-corrected chi connectivity index (χ2v) is 2.35. The van der Waals surface area contributed by atoms with Gasteiger partial charge in [-0.25, -0.2) is 0 Å². The quantitative estimate of drug-likeness (QED) is 0.618. The predicted octanol–water partition coefficient (Wildman–Crippen LogP) is 0.677. The van der Waals surface area contributed by atoms with Crippen LogP contribution in [0.3, 0.4) is 0 Å². The van der Waals surface area contributed by atoms with Gasteiger partial charge in [-0.15, -0.1) is 0 Å². The van der Waals surface area contributed by atoms with Gasteiger partial charge in [0.05, 0.1) is 12.5 Å². The Hall–Kier alpha value is -0.570. The fourth-order valence-corrected chi connectivity index (χ4v) is 0.661. The van der Waals surface area contributed by atoms with Crippen molar-refractivity contribution in [2.45, 2.75) is 32.8 Å². The lowest BCUT2D eigenvalue weighted by Gasteiger charge is -2.08. The first kappa shape index (κ1) is 9.43. The molecule has 2 N–H and O–H groups in total. The molecule has 10 heavy (non-hydrogen) atoms. The highest BCUT2D eigenvalue weighted by molar-refractivity contribution is 5.74. The zero-order valence-electron chi connectivity index (χ0n) is 6.59. The fraction of sp³-hybridized carbons (Fsp3) is 0.857. The summed E-state index contributed by atoms with van der Waals surface area (Å²) < 4.78 is 5.20. The zero-order chi connectivity index (χ0) is 7.98. The Bertz CT molecular complexity index is 104. The number of ether oxygens (including phenoxy) is 1. The summed E-state index contributed by atoms with van der Waals surface area (Å²) in [5, 5.41) is 0. The first-order valence-corrected chi connectivity index (χ1v) is 3.56. The van der Waals surface area contributed by atoms with Crippen LogP contribution in [-0.2, 0) is 9.53 Å². The van der Waals surface area contributed by atoms with Gasteiger partial charge < -0.3 is 10.5 Å². The van der Waals surface area contributed by atoms with E-state index in [0.717, 1.165) is 6.42 Å². The van der Waals surface area contributed by atoms with Gasteiger partial charge >= 0.3 is 0 Å². The average molecular weight is 145 g/mol. The highest BCUT2D eigenvalue weighted by atomic mass is 16.5. The first-order chi connectivity index (χ1) is 4.66. The molecule has 0 bridgehead atoms. The lowest BCUT2D eigenvalue weighted by molar-refractivity contribution is -0.120. The van der Waals surface area contributed by atoms with Crippen molar-refractivity contribution in [3.05, 3.63) is 0 Å². The van der Waals surface area contributed by atoms with Crippen LogP contribution in [0, 0.1) is 0 Å². The highest BCUT2D eigenvalue weighted by Crippen LogP contribution is 1.96. The summed E-state index contributed by atoms with van der Waals surface area (Å²) in [6.45, 7) is 4.58. The number of carbonyl (C=O) groups is 1. The van der Waals surface area contributed by atoms with Gasteiger partial charge in [-0.1, -0.05) is 6.92 Å². The van der Waals surface area contributed by atoms with Crippen molar-refractivity contribution in [1.29, 1.82) is 0 Å². The summed E-state index contributed by atoms with van der Waals surface area (Å²) in [6, 6.07) is 0. The minimum atomic E-state index is -0.302. The molecule has 0 saturated carbocycles. The fourth-order valence-electron chi connectivity index (χ4n) is 0.661. The van der Waals surface area contributed by atoms with E-state index in [1.807, 2.05) is 13.8 Å². The molecular weight excluding hydrogens is 130 g/mol. The van der Waals surface area contributed by atoms with Crippen LogP contribution in [0.2, 0.25) is 0 Å². The number of amides is 1. The minimum Gasteiger partial charge on any atom is -0.378 e. The summed E-state index contributed by atoms with van der Waals surface area (Å²) in [7, 11) is 0. The first-order valence-electron chi connectivity index (χ1n) is 3.56. The molecule has 0 aromatic carbocycles. The van der Waals surface area contributed by atoms with Crippen LogP contribution < -0.4 is 5.73 Å².